The van der Waals surface area contributed by atoms with Crippen LogP contribution in [-0.4, -0.2) is 33.4 Å². The lowest BCUT2D eigenvalue weighted by molar-refractivity contribution is 0.188. The molecule has 4 heteroatoms. The highest BCUT2D eigenvalue weighted by Crippen LogP contribution is 2.32. The van der Waals surface area contributed by atoms with Crippen molar-refractivity contribution in [2.75, 3.05) is 44.0 Å². The molecule has 0 aromatic heterocycles. The standard InChI is InChI=1S/C18H31N3O/c1-14-7-10-21(11-8-14)17-13-15(5-6-16(17)19)18(2,3)20-9-12-22-4/h5-6,13-14,20H,7-12,19H2,1-4H3. The van der Waals surface area contributed by atoms with E-state index in [2.05, 4.69) is 43.1 Å². The Kier molecular flexibility index (Phi) is 5.70. The highest BCUT2D eigenvalue weighted by atomic mass is 16.5. The molecule has 0 spiro atoms. The highest BCUT2D eigenvalue weighted by Gasteiger charge is 2.23. The Bertz CT molecular complexity index is 479. The lowest BCUT2D eigenvalue weighted by atomic mass is 9.92. The Morgan fingerprint density at radius 2 is 2.00 bits per heavy atom. The number of hydrogen-bond donors (Lipinski definition) is 2. The van der Waals surface area contributed by atoms with Gasteiger partial charge in [0.25, 0.3) is 0 Å². The van der Waals surface area contributed by atoms with Gasteiger partial charge in [0.05, 0.1) is 18.0 Å². The summed E-state index contributed by atoms with van der Waals surface area (Å²) in [6.07, 6.45) is 2.50. The molecule has 0 unspecified atom stereocenters. The zero-order valence-corrected chi connectivity index (χ0v) is 14.5. The van der Waals surface area contributed by atoms with Crippen molar-refractivity contribution >= 4 is 11.4 Å². The molecule has 3 N–H and O–H groups in total. The van der Waals surface area contributed by atoms with Gasteiger partial charge < -0.3 is 20.7 Å². The molecule has 2 rings (SSSR count). The van der Waals surface area contributed by atoms with Crippen LogP contribution in [0.1, 0.15) is 39.2 Å². The second-order valence-electron chi connectivity index (χ2n) is 6.99. The van der Waals surface area contributed by atoms with Crippen molar-refractivity contribution in [3.63, 3.8) is 0 Å². The molecule has 1 saturated heterocycles. The van der Waals surface area contributed by atoms with E-state index < -0.39 is 0 Å². The quantitative estimate of drug-likeness (QED) is 0.627. The minimum absolute atomic E-state index is 0.0932. The summed E-state index contributed by atoms with van der Waals surface area (Å²) in [5.41, 5.74) is 9.48. The van der Waals surface area contributed by atoms with Crippen molar-refractivity contribution in [3.05, 3.63) is 23.8 Å². The lowest BCUT2D eigenvalue weighted by Crippen LogP contribution is -2.39. The van der Waals surface area contributed by atoms with Gasteiger partial charge in [-0.2, -0.15) is 0 Å². The Hall–Kier alpha value is -1.26. The number of methoxy groups -OCH3 is 1. The zero-order valence-electron chi connectivity index (χ0n) is 14.5. The molecule has 1 aliphatic heterocycles. The fourth-order valence-corrected chi connectivity index (χ4v) is 3.02. The summed E-state index contributed by atoms with van der Waals surface area (Å²) in [5, 5.41) is 3.55. The zero-order chi connectivity index (χ0) is 16.2. The number of anilines is 2. The Labute approximate surface area is 135 Å². The Morgan fingerprint density at radius 1 is 1.32 bits per heavy atom. The van der Waals surface area contributed by atoms with Crippen LogP contribution in [0.15, 0.2) is 18.2 Å². The van der Waals surface area contributed by atoms with Gasteiger partial charge in [-0.15, -0.1) is 0 Å². The number of nitrogens with zero attached hydrogens (tertiary/aromatic N) is 1. The first-order valence-electron chi connectivity index (χ1n) is 8.33. The van der Waals surface area contributed by atoms with Gasteiger partial charge in [-0.25, -0.2) is 0 Å². The maximum absolute atomic E-state index is 6.24. The molecule has 0 atom stereocenters. The average molecular weight is 305 g/mol. The third-order valence-electron chi connectivity index (χ3n) is 4.75. The number of rotatable bonds is 6. The predicted molar refractivity (Wildman–Crippen MR) is 94.4 cm³/mol. The highest BCUT2D eigenvalue weighted by molar-refractivity contribution is 5.69. The van der Waals surface area contributed by atoms with Crippen LogP contribution >= 0.6 is 0 Å². The van der Waals surface area contributed by atoms with Gasteiger partial charge in [0.15, 0.2) is 0 Å². The fourth-order valence-electron chi connectivity index (χ4n) is 3.02. The molecule has 1 aromatic carbocycles. The average Bonchev–Trinajstić information content (AvgIpc) is 2.49. The van der Waals surface area contributed by atoms with Crippen LogP contribution < -0.4 is 16.0 Å². The summed E-state index contributed by atoms with van der Waals surface area (Å²) in [4.78, 5) is 2.43. The van der Waals surface area contributed by atoms with Gasteiger partial charge in [0.2, 0.25) is 0 Å². The fraction of sp³-hybridized carbons (Fsp3) is 0.667. The largest absolute Gasteiger partial charge is 0.397 e. The van der Waals surface area contributed by atoms with Crippen LogP contribution in [0, 0.1) is 5.92 Å². The molecular weight excluding hydrogens is 274 g/mol. The molecule has 0 amide bonds. The number of benzene rings is 1. The molecule has 4 nitrogen and oxygen atoms in total. The first-order chi connectivity index (χ1) is 10.4. The molecule has 0 aliphatic carbocycles. The van der Waals surface area contributed by atoms with Crippen LogP contribution in [0.3, 0.4) is 0 Å². The normalized spacial score (nSPS) is 17.0. The van der Waals surface area contributed by atoms with Crippen molar-refractivity contribution in [2.45, 2.75) is 39.2 Å². The van der Waals surface area contributed by atoms with Crippen molar-refractivity contribution in [1.29, 1.82) is 0 Å². The molecule has 1 aromatic rings. The van der Waals surface area contributed by atoms with Crippen molar-refractivity contribution in [2.24, 2.45) is 5.92 Å². The number of piperidine rings is 1. The maximum atomic E-state index is 6.24. The van der Waals surface area contributed by atoms with E-state index in [-0.39, 0.29) is 5.54 Å². The summed E-state index contributed by atoms with van der Waals surface area (Å²) in [6, 6.07) is 6.43. The van der Waals surface area contributed by atoms with E-state index >= 15 is 0 Å². The number of nitrogens with one attached hydrogen (secondary N) is 1. The minimum Gasteiger partial charge on any atom is -0.397 e. The predicted octanol–water partition coefficient (Wildman–Crippen LogP) is 2.98. The van der Waals surface area contributed by atoms with E-state index in [1.54, 1.807) is 7.11 Å². The topological polar surface area (TPSA) is 50.5 Å². The van der Waals surface area contributed by atoms with Gasteiger partial charge in [0, 0.05) is 32.3 Å². The third-order valence-corrected chi connectivity index (χ3v) is 4.75. The van der Waals surface area contributed by atoms with E-state index in [1.165, 1.54) is 24.1 Å². The minimum atomic E-state index is -0.0932. The van der Waals surface area contributed by atoms with Gasteiger partial charge in [0.1, 0.15) is 0 Å². The Balaban J connectivity index is 2.15. The molecule has 1 heterocycles. The van der Waals surface area contributed by atoms with E-state index in [0.717, 1.165) is 37.8 Å². The molecular formula is C18H31N3O. The van der Waals surface area contributed by atoms with Crippen LogP contribution in [0.25, 0.3) is 0 Å². The molecule has 1 aliphatic rings. The van der Waals surface area contributed by atoms with E-state index in [0.29, 0.717) is 0 Å². The van der Waals surface area contributed by atoms with Crippen LogP contribution in [0.4, 0.5) is 11.4 Å². The van der Waals surface area contributed by atoms with E-state index in [4.69, 9.17) is 10.5 Å². The first kappa shape index (κ1) is 17.1. The second-order valence-corrected chi connectivity index (χ2v) is 6.99. The molecule has 22 heavy (non-hydrogen) atoms. The number of nitrogens with two attached hydrogens (primary N) is 1. The molecule has 0 saturated carbocycles. The van der Waals surface area contributed by atoms with E-state index in [9.17, 15) is 0 Å². The van der Waals surface area contributed by atoms with Gasteiger partial charge >= 0.3 is 0 Å². The first-order valence-corrected chi connectivity index (χ1v) is 8.33. The summed E-state index contributed by atoms with van der Waals surface area (Å²) in [5.74, 6) is 0.827. The number of hydrogen-bond acceptors (Lipinski definition) is 4. The smallest absolute Gasteiger partial charge is 0.0603 e. The SMILES string of the molecule is COCCNC(C)(C)c1ccc(N)c(N2CCC(C)CC2)c1. The third kappa shape index (κ3) is 4.14. The van der Waals surface area contributed by atoms with Crippen LogP contribution in [-0.2, 0) is 10.3 Å². The summed E-state index contributed by atoms with van der Waals surface area (Å²) in [6.45, 7) is 10.5. The van der Waals surface area contributed by atoms with Gasteiger partial charge in [-0.05, 0) is 50.3 Å². The maximum Gasteiger partial charge on any atom is 0.0603 e. The number of ether oxygens (including phenoxy) is 1. The van der Waals surface area contributed by atoms with Gasteiger partial charge in [-0.1, -0.05) is 13.0 Å². The summed E-state index contributed by atoms with van der Waals surface area (Å²) in [7, 11) is 1.73. The lowest BCUT2D eigenvalue weighted by Gasteiger charge is -2.34. The van der Waals surface area contributed by atoms with E-state index in [1.807, 2.05) is 6.07 Å². The van der Waals surface area contributed by atoms with Crippen molar-refractivity contribution in [1.82, 2.24) is 5.32 Å². The summed E-state index contributed by atoms with van der Waals surface area (Å²) < 4.78 is 5.13. The van der Waals surface area contributed by atoms with Gasteiger partial charge in [-0.3, -0.25) is 0 Å². The second kappa shape index (κ2) is 7.34. The molecule has 0 bridgehead atoms. The Morgan fingerprint density at radius 3 is 2.64 bits per heavy atom. The van der Waals surface area contributed by atoms with Crippen LogP contribution in [0.2, 0.25) is 0 Å². The summed E-state index contributed by atoms with van der Waals surface area (Å²) >= 11 is 0. The van der Waals surface area contributed by atoms with Crippen LogP contribution in [0.5, 0.6) is 0 Å². The molecule has 1 fully saturated rings. The van der Waals surface area contributed by atoms with Crippen molar-refractivity contribution < 1.29 is 4.74 Å². The van der Waals surface area contributed by atoms with Crippen molar-refractivity contribution in [3.8, 4) is 0 Å². The number of nitrogen functional groups attached to an aromatic ring is 1. The molecule has 124 valence electrons. The molecule has 0 radical (unpaired) electrons. The monoisotopic (exact) mass is 305 g/mol.